The Kier molecular flexibility index (Phi) is 6.14. The lowest BCUT2D eigenvalue weighted by atomic mass is 10.2. The second kappa shape index (κ2) is 7.48. The van der Waals surface area contributed by atoms with E-state index in [1.54, 1.807) is 20.8 Å². The van der Waals surface area contributed by atoms with Crippen LogP contribution in [0.2, 0.25) is 5.15 Å². The van der Waals surface area contributed by atoms with Crippen LogP contribution in [0.15, 0.2) is 12.3 Å². The molecule has 132 valence electrons. The summed E-state index contributed by atoms with van der Waals surface area (Å²) < 4.78 is 6.34. The molecule has 0 atom stereocenters. The van der Waals surface area contributed by atoms with Gasteiger partial charge in [0.25, 0.3) is 0 Å². The number of fused-ring (bicyclic) bond motifs is 1. The molecule has 24 heavy (non-hydrogen) atoms. The number of aromatic nitrogens is 3. The van der Waals surface area contributed by atoms with Crippen LogP contribution in [0.1, 0.15) is 45.1 Å². The highest BCUT2D eigenvalue weighted by Gasteiger charge is 2.24. The number of nitrogens with zero attached hydrogens (tertiary/aromatic N) is 4. The van der Waals surface area contributed by atoms with Crippen molar-refractivity contribution in [3.8, 4) is 0 Å². The van der Waals surface area contributed by atoms with Crippen LogP contribution in [0.3, 0.4) is 0 Å². The summed E-state index contributed by atoms with van der Waals surface area (Å²) in [4.78, 5) is 28.5. The molecule has 0 aliphatic carbocycles. The van der Waals surface area contributed by atoms with Gasteiger partial charge < -0.3 is 9.84 Å². The molecule has 0 aromatic carbocycles. The van der Waals surface area contributed by atoms with Crippen LogP contribution in [0.4, 0.5) is 10.5 Å². The molecular formula is C15H21ClN4O4. The monoisotopic (exact) mass is 356 g/mol. The molecule has 2 aromatic rings. The lowest BCUT2D eigenvalue weighted by Crippen LogP contribution is -2.34. The quantitative estimate of drug-likeness (QED) is 0.884. The van der Waals surface area contributed by atoms with Crippen molar-refractivity contribution in [2.24, 2.45) is 0 Å². The van der Waals surface area contributed by atoms with Gasteiger partial charge in [-0.1, -0.05) is 25.4 Å². The lowest BCUT2D eigenvalue weighted by Gasteiger charge is -2.24. The molecule has 2 rings (SSSR count). The summed E-state index contributed by atoms with van der Waals surface area (Å²) in [6.45, 7) is 9.23. The summed E-state index contributed by atoms with van der Waals surface area (Å²) in [6.07, 6.45) is 0.532. The first-order chi connectivity index (χ1) is 11.1. The summed E-state index contributed by atoms with van der Waals surface area (Å²) in [5, 5.41) is 13.0. The fraction of sp³-hybridized carbons (Fsp3) is 0.467. The molecular weight excluding hydrogens is 336 g/mol. The van der Waals surface area contributed by atoms with Gasteiger partial charge in [0.15, 0.2) is 16.5 Å². The summed E-state index contributed by atoms with van der Waals surface area (Å²) in [5.74, 6) is -1.20. The van der Waals surface area contributed by atoms with Crippen LogP contribution < -0.4 is 4.90 Å². The largest absolute Gasteiger partial charge is 0.476 e. The number of carboxylic acid groups (broad SMARTS) is 1. The maximum Gasteiger partial charge on any atom is 0.414 e. The third-order valence-corrected chi connectivity index (χ3v) is 2.85. The fourth-order valence-electron chi connectivity index (χ4n) is 1.74. The SMILES string of the molecule is CC.CN(C(=O)OC(C)(C)C)c1cc(Cl)nn2c(C(=O)O)cnc12. The minimum absolute atomic E-state index is 0.0263. The van der Waals surface area contributed by atoms with E-state index in [1.807, 2.05) is 13.8 Å². The van der Waals surface area contributed by atoms with Crippen molar-refractivity contribution in [1.82, 2.24) is 14.6 Å². The highest BCUT2D eigenvalue weighted by Crippen LogP contribution is 2.25. The Morgan fingerprint density at radius 3 is 2.42 bits per heavy atom. The van der Waals surface area contributed by atoms with Crippen LogP contribution in [-0.4, -0.2) is 44.4 Å². The number of rotatable bonds is 2. The highest BCUT2D eigenvalue weighted by atomic mass is 35.5. The predicted molar refractivity (Wildman–Crippen MR) is 90.9 cm³/mol. The first kappa shape index (κ1) is 19.7. The summed E-state index contributed by atoms with van der Waals surface area (Å²) in [7, 11) is 1.48. The number of amides is 1. The Hall–Kier alpha value is -2.35. The zero-order chi connectivity index (χ0) is 18.7. The predicted octanol–water partition coefficient (Wildman–Crippen LogP) is 3.48. The van der Waals surface area contributed by atoms with Crippen molar-refractivity contribution in [3.05, 3.63) is 23.1 Å². The number of carboxylic acids is 1. The van der Waals surface area contributed by atoms with Gasteiger partial charge in [0, 0.05) is 13.1 Å². The van der Waals surface area contributed by atoms with Crippen LogP contribution in [0.25, 0.3) is 5.65 Å². The zero-order valence-electron chi connectivity index (χ0n) is 14.5. The molecule has 9 heteroatoms. The van der Waals surface area contributed by atoms with Crippen molar-refractivity contribution >= 4 is 35.0 Å². The van der Waals surface area contributed by atoms with Crippen LogP contribution in [-0.2, 0) is 4.74 Å². The van der Waals surface area contributed by atoms with Crippen LogP contribution in [0.5, 0.6) is 0 Å². The van der Waals surface area contributed by atoms with E-state index < -0.39 is 17.7 Å². The number of hydrogen-bond acceptors (Lipinski definition) is 5. The topological polar surface area (TPSA) is 97.0 Å². The van der Waals surface area contributed by atoms with Crippen LogP contribution >= 0.6 is 11.6 Å². The number of ether oxygens (including phenoxy) is 1. The summed E-state index contributed by atoms with van der Waals surface area (Å²) in [5.41, 5.74) is -0.339. The first-order valence-electron chi connectivity index (χ1n) is 7.34. The Balaban J connectivity index is 0.00000139. The maximum absolute atomic E-state index is 12.1. The van der Waals surface area contributed by atoms with E-state index in [9.17, 15) is 9.59 Å². The second-order valence-electron chi connectivity index (χ2n) is 5.58. The zero-order valence-corrected chi connectivity index (χ0v) is 15.2. The number of anilines is 1. The molecule has 0 radical (unpaired) electrons. The van der Waals surface area contributed by atoms with Gasteiger partial charge in [-0.3, -0.25) is 4.90 Å². The standard InChI is InChI=1S/C13H15ClN4O4.C2H6/c1-13(2,3)22-12(21)17(4)7-5-9(14)16-18-8(11(19)20)6-15-10(7)18;1-2/h5-6H,1-4H3,(H,19,20);1-2H3. The molecule has 0 aliphatic rings. The normalized spacial score (nSPS) is 10.8. The number of aromatic carboxylic acids is 1. The van der Waals surface area contributed by atoms with E-state index in [1.165, 1.54) is 18.0 Å². The van der Waals surface area contributed by atoms with Crippen LogP contribution in [0, 0.1) is 0 Å². The van der Waals surface area contributed by atoms with Gasteiger partial charge in [0.2, 0.25) is 0 Å². The molecule has 0 saturated carbocycles. The number of carbonyl (C=O) groups is 2. The van der Waals surface area contributed by atoms with Crippen molar-refractivity contribution < 1.29 is 19.4 Å². The van der Waals surface area contributed by atoms with E-state index in [2.05, 4.69) is 10.1 Å². The Morgan fingerprint density at radius 1 is 1.33 bits per heavy atom. The van der Waals surface area contributed by atoms with Crippen molar-refractivity contribution in [1.29, 1.82) is 0 Å². The maximum atomic E-state index is 12.1. The third-order valence-electron chi connectivity index (χ3n) is 2.67. The molecule has 0 saturated heterocycles. The van der Waals surface area contributed by atoms with Crippen molar-refractivity contribution in [2.45, 2.75) is 40.2 Å². The van der Waals surface area contributed by atoms with Gasteiger partial charge >= 0.3 is 12.1 Å². The number of halogens is 1. The second-order valence-corrected chi connectivity index (χ2v) is 5.96. The minimum Gasteiger partial charge on any atom is -0.476 e. The molecule has 2 heterocycles. The number of carbonyl (C=O) groups excluding carboxylic acids is 1. The van der Waals surface area contributed by atoms with E-state index in [-0.39, 0.29) is 16.5 Å². The lowest BCUT2D eigenvalue weighted by molar-refractivity contribution is 0.0588. The Morgan fingerprint density at radius 2 is 1.92 bits per heavy atom. The van der Waals surface area contributed by atoms with Gasteiger partial charge in [0.1, 0.15) is 5.60 Å². The molecule has 0 spiro atoms. The van der Waals surface area contributed by atoms with Gasteiger partial charge in [-0.2, -0.15) is 5.10 Å². The number of hydrogen-bond donors (Lipinski definition) is 1. The van der Waals surface area contributed by atoms with Gasteiger partial charge in [-0.15, -0.1) is 0 Å². The van der Waals surface area contributed by atoms with E-state index in [4.69, 9.17) is 21.4 Å². The highest BCUT2D eigenvalue weighted by molar-refractivity contribution is 6.29. The average molecular weight is 357 g/mol. The third kappa shape index (κ3) is 4.35. The van der Waals surface area contributed by atoms with Gasteiger partial charge in [-0.25, -0.2) is 19.1 Å². The molecule has 1 amide bonds. The minimum atomic E-state index is -1.20. The molecule has 1 N–H and O–H groups in total. The molecule has 0 unspecified atom stereocenters. The molecule has 8 nitrogen and oxygen atoms in total. The Labute approximate surface area is 145 Å². The molecule has 0 bridgehead atoms. The molecule has 0 aliphatic heterocycles. The fourth-order valence-corrected chi connectivity index (χ4v) is 1.92. The average Bonchev–Trinajstić information content (AvgIpc) is 2.89. The Bertz CT molecular complexity index is 752. The molecule has 0 fully saturated rings. The summed E-state index contributed by atoms with van der Waals surface area (Å²) >= 11 is 5.91. The van der Waals surface area contributed by atoms with Crippen molar-refractivity contribution in [3.63, 3.8) is 0 Å². The van der Waals surface area contributed by atoms with Gasteiger partial charge in [-0.05, 0) is 20.8 Å². The van der Waals surface area contributed by atoms with Gasteiger partial charge in [0.05, 0.1) is 11.9 Å². The van der Waals surface area contributed by atoms with E-state index >= 15 is 0 Å². The molecule has 2 aromatic heterocycles. The van der Waals surface area contributed by atoms with E-state index in [0.29, 0.717) is 5.69 Å². The van der Waals surface area contributed by atoms with E-state index in [0.717, 1.165) is 10.7 Å². The summed E-state index contributed by atoms with van der Waals surface area (Å²) in [6, 6.07) is 1.42. The smallest absolute Gasteiger partial charge is 0.414 e. The van der Waals surface area contributed by atoms with Crippen molar-refractivity contribution in [2.75, 3.05) is 11.9 Å². The number of imidazole rings is 1. The first-order valence-corrected chi connectivity index (χ1v) is 7.72.